The molecule has 0 aromatic heterocycles. The molecule has 0 unspecified atom stereocenters. The summed E-state index contributed by atoms with van der Waals surface area (Å²) in [5, 5.41) is 5.19. The molecule has 4 rings (SSSR count). The van der Waals surface area contributed by atoms with Crippen LogP contribution in [-0.2, 0) is 16.5 Å². The summed E-state index contributed by atoms with van der Waals surface area (Å²) in [7, 11) is 0. The lowest BCUT2D eigenvalue weighted by atomic mass is 9.72. The highest BCUT2D eigenvalue weighted by Gasteiger charge is 2.52. The summed E-state index contributed by atoms with van der Waals surface area (Å²) in [4.78, 5) is 5.35. The van der Waals surface area contributed by atoms with E-state index >= 15 is 0 Å². The van der Waals surface area contributed by atoms with Crippen LogP contribution in [0.3, 0.4) is 0 Å². The van der Waals surface area contributed by atoms with Gasteiger partial charge in [0.1, 0.15) is 17.1 Å². The molecule has 3 aromatic carbocycles. The highest BCUT2D eigenvalue weighted by molar-refractivity contribution is 6.30. The van der Waals surface area contributed by atoms with Crippen molar-refractivity contribution >= 4 is 29.0 Å². The van der Waals surface area contributed by atoms with Crippen LogP contribution in [0.2, 0.25) is 10.0 Å². The number of benzene rings is 3. The maximum Gasteiger partial charge on any atom is 0.133 e. The molecule has 0 spiro atoms. The molecule has 5 heteroatoms. The molecule has 0 amide bonds. The molecule has 1 aliphatic heterocycles. The fourth-order valence-corrected chi connectivity index (χ4v) is 4.90. The molecule has 1 aliphatic rings. The molecule has 1 heterocycles. The first kappa shape index (κ1) is 25.6. The van der Waals surface area contributed by atoms with Crippen LogP contribution in [0.4, 0.5) is 0 Å². The van der Waals surface area contributed by atoms with Crippen molar-refractivity contribution in [3.8, 4) is 5.75 Å². The normalized spacial score (nSPS) is 22.2. The second kappa shape index (κ2) is 9.19. The van der Waals surface area contributed by atoms with E-state index < -0.39 is 11.1 Å². The number of nitrogens with zero attached hydrogens (tertiary/aromatic N) is 1. The lowest BCUT2D eigenvalue weighted by molar-refractivity contribution is 0.241. The summed E-state index contributed by atoms with van der Waals surface area (Å²) in [6, 6.07) is 22.4. The predicted molar refractivity (Wildman–Crippen MR) is 148 cm³/mol. The zero-order valence-corrected chi connectivity index (χ0v) is 23.1. The summed E-state index contributed by atoms with van der Waals surface area (Å²) in [5.41, 5.74) is 3.18. The molecule has 0 aliphatic carbocycles. The first-order chi connectivity index (χ1) is 16.3. The number of hydrogen-bond donors (Lipinski definition) is 1. The zero-order chi connectivity index (χ0) is 25.6. The van der Waals surface area contributed by atoms with Crippen LogP contribution in [0.15, 0.2) is 71.7 Å². The van der Waals surface area contributed by atoms with Crippen LogP contribution in [0.25, 0.3) is 0 Å². The largest absolute Gasteiger partial charge is 0.490 e. The monoisotopic (exact) mass is 508 g/mol. The lowest BCUT2D eigenvalue weighted by Gasteiger charge is -2.40. The third-order valence-corrected chi connectivity index (χ3v) is 7.47. The molecule has 0 radical (unpaired) electrons. The van der Waals surface area contributed by atoms with Crippen molar-refractivity contribution in [1.82, 2.24) is 5.32 Å². The Morgan fingerprint density at radius 3 is 1.89 bits per heavy atom. The van der Waals surface area contributed by atoms with Gasteiger partial charge in [0.2, 0.25) is 0 Å². The van der Waals surface area contributed by atoms with Gasteiger partial charge in [-0.25, -0.2) is 0 Å². The molecule has 35 heavy (non-hydrogen) atoms. The number of amidine groups is 1. The first-order valence-corrected chi connectivity index (χ1v) is 12.8. The van der Waals surface area contributed by atoms with E-state index in [9.17, 15) is 0 Å². The molecular weight excluding hydrogens is 475 g/mol. The fraction of sp³-hybridized carbons (Fsp3) is 0.367. The smallest absolute Gasteiger partial charge is 0.133 e. The van der Waals surface area contributed by atoms with Crippen molar-refractivity contribution in [2.24, 2.45) is 4.99 Å². The van der Waals surface area contributed by atoms with Crippen LogP contribution in [0.1, 0.15) is 70.7 Å². The van der Waals surface area contributed by atoms with Crippen LogP contribution >= 0.6 is 23.2 Å². The predicted octanol–water partition coefficient (Wildman–Crippen LogP) is 8.26. The highest BCUT2D eigenvalue weighted by Crippen LogP contribution is 2.48. The van der Waals surface area contributed by atoms with Gasteiger partial charge in [0.05, 0.1) is 17.2 Å². The van der Waals surface area contributed by atoms with Gasteiger partial charge >= 0.3 is 0 Å². The Morgan fingerprint density at radius 2 is 1.37 bits per heavy atom. The van der Waals surface area contributed by atoms with Gasteiger partial charge in [-0.3, -0.25) is 4.99 Å². The van der Waals surface area contributed by atoms with Crippen LogP contribution in [0, 0.1) is 0 Å². The van der Waals surface area contributed by atoms with E-state index in [0.29, 0.717) is 10.0 Å². The van der Waals surface area contributed by atoms with Crippen LogP contribution in [0.5, 0.6) is 5.75 Å². The summed E-state index contributed by atoms with van der Waals surface area (Å²) in [6.45, 7) is 15.1. The first-order valence-electron chi connectivity index (χ1n) is 12.1. The Morgan fingerprint density at radius 1 is 0.829 bits per heavy atom. The summed E-state index contributed by atoms with van der Waals surface area (Å²) < 4.78 is 6.32. The number of ether oxygens (including phenoxy) is 1. The zero-order valence-electron chi connectivity index (χ0n) is 21.5. The van der Waals surface area contributed by atoms with Gasteiger partial charge < -0.3 is 10.1 Å². The summed E-state index contributed by atoms with van der Waals surface area (Å²) in [5.74, 6) is 1.63. The molecule has 1 N–H and O–H groups in total. The number of aliphatic imine (C=N–C) groups is 1. The average Bonchev–Trinajstić information content (AvgIpc) is 3.06. The van der Waals surface area contributed by atoms with Crippen molar-refractivity contribution in [2.45, 2.75) is 71.1 Å². The van der Waals surface area contributed by atoms with Gasteiger partial charge in [0, 0.05) is 10.0 Å². The fourth-order valence-electron chi connectivity index (χ4n) is 4.65. The molecular formula is C30H34Cl2N2O. The maximum absolute atomic E-state index is 6.32. The van der Waals surface area contributed by atoms with Crippen molar-refractivity contribution in [1.29, 1.82) is 0 Å². The van der Waals surface area contributed by atoms with Crippen molar-refractivity contribution in [2.75, 3.05) is 0 Å². The Hall–Kier alpha value is -2.49. The number of rotatable bonds is 5. The second-order valence-corrected chi connectivity index (χ2v) is 11.8. The minimum Gasteiger partial charge on any atom is -0.490 e. The van der Waals surface area contributed by atoms with Gasteiger partial charge in [-0.15, -0.1) is 0 Å². The van der Waals surface area contributed by atoms with Gasteiger partial charge in [-0.1, -0.05) is 74.3 Å². The molecule has 184 valence electrons. The van der Waals surface area contributed by atoms with Gasteiger partial charge in [0.25, 0.3) is 0 Å². The Kier molecular flexibility index (Phi) is 6.72. The standard InChI is InChI=1S/C30H34Cl2N2O/c1-19(2)35-26-18-22(28(3,4)5)12-17-25(26)27-33-29(6,20-8-13-23(31)14-9-20)30(7,34-27)21-10-15-24(32)16-11-21/h8-19H,1-7H3,(H,33,34)/t29-,30-/m0/s1. The molecule has 2 atom stereocenters. The average molecular weight is 510 g/mol. The molecule has 3 nitrogen and oxygen atoms in total. The quantitative estimate of drug-likeness (QED) is 0.376. The van der Waals surface area contributed by atoms with E-state index in [1.165, 1.54) is 5.56 Å². The Balaban J connectivity index is 1.90. The SMILES string of the molecule is CC(C)Oc1cc(C(C)(C)C)ccc1C1=N[C@@](C)(c2ccc(Cl)cc2)[C@](C)(c2ccc(Cl)cc2)N1. The van der Waals surface area contributed by atoms with E-state index in [1.54, 1.807) is 0 Å². The van der Waals surface area contributed by atoms with Crippen molar-refractivity contribution in [3.05, 3.63) is 99.0 Å². The minimum absolute atomic E-state index is 0.00811. The molecule has 0 fully saturated rings. The minimum atomic E-state index is -0.613. The highest BCUT2D eigenvalue weighted by atomic mass is 35.5. The number of nitrogens with one attached hydrogen (secondary N) is 1. The topological polar surface area (TPSA) is 33.6 Å². The van der Waals surface area contributed by atoms with Gasteiger partial charge in [-0.05, 0) is 86.2 Å². The third-order valence-electron chi connectivity index (χ3n) is 6.97. The molecule has 0 saturated carbocycles. The lowest BCUT2D eigenvalue weighted by Crippen LogP contribution is -2.50. The van der Waals surface area contributed by atoms with Crippen LogP contribution in [-0.4, -0.2) is 11.9 Å². The van der Waals surface area contributed by atoms with E-state index in [-0.39, 0.29) is 11.5 Å². The van der Waals surface area contributed by atoms with Crippen molar-refractivity contribution < 1.29 is 4.74 Å². The number of hydrogen-bond acceptors (Lipinski definition) is 3. The van der Waals surface area contributed by atoms with Crippen LogP contribution < -0.4 is 10.1 Å². The third kappa shape index (κ3) is 4.81. The van der Waals surface area contributed by atoms with E-state index in [2.05, 4.69) is 82.4 Å². The molecule has 0 saturated heterocycles. The van der Waals surface area contributed by atoms with E-state index in [1.807, 2.05) is 38.1 Å². The molecule has 3 aromatic rings. The molecule has 0 bridgehead atoms. The number of halogens is 2. The van der Waals surface area contributed by atoms with E-state index in [0.717, 1.165) is 28.3 Å². The second-order valence-electron chi connectivity index (χ2n) is 10.9. The van der Waals surface area contributed by atoms with Crippen molar-refractivity contribution in [3.63, 3.8) is 0 Å². The Bertz CT molecular complexity index is 1240. The van der Waals surface area contributed by atoms with E-state index in [4.69, 9.17) is 32.9 Å². The summed E-state index contributed by atoms with van der Waals surface area (Å²) >= 11 is 12.5. The van der Waals surface area contributed by atoms with Gasteiger partial charge in [-0.2, -0.15) is 0 Å². The Labute approximate surface area is 219 Å². The van der Waals surface area contributed by atoms with Gasteiger partial charge in [0.15, 0.2) is 0 Å². The maximum atomic E-state index is 6.32. The summed E-state index contributed by atoms with van der Waals surface area (Å²) in [6.07, 6.45) is 0.0382.